The molecule has 1 unspecified atom stereocenters. The van der Waals surface area contributed by atoms with E-state index in [-0.39, 0.29) is 29.2 Å². The summed E-state index contributed by atoms with van der Waals surface area (Å²) in [5, 5.41) is 4.74. The van der Waals surface area contributed by atoms with E-state index < -0.39 is 17.8 Å². The molecule has 34 heavy (non-hydrogen) atoms. The minimum atomic E-state index is -4.45. The fourth-order valence-electron chi connectivity index (χ4n) is 4.56. The average molecular weight is 494 g/mol. The Balaban J connectivity index is 1.42. The lowest BCUT2D eigenvalue weighted by Gasteiger charge is -2.37. The predicted molar refractivity (Wildman–Crippen MR) is 121 cm³/mol. The molecular weight excluding hydrogens is 467 g/mol. The van der Waals surface area contributed by atoms with E-state index in [0.29, 0.717) is 43.9 Å². The highest BCUT2D eigenvalue weighted by Crippen LogP contribution is 2.30. The van der Waals surface area contributed by atoms with Crippen LogP contribution in [0.25, 0.3) is 0 Å². The van der Waals surface area contributed by atoms with Crippen molar-refractivity contribution in [3.05, 3.63) is 57.8 Å². The van der Waals surface area contributed by atoms with E-state index in [2.05, 4.69) is 5.32 Å². The molecule has 2 aliphatic rings. The molecule has 0 radical (unpaired) electrons. The summed E-state index contributed by atoms with van der Waals surface area (Å²) >= 11 is 1.31. The second kappa shape index (κ2) is 10.2. The first-order valence-corrected chi connectivity index (χ1v) is 12.2. The number of piperidine rings is 1. The zero-order valence-corrected chi connectivity index (χ0v) is 19.3. The van der Waals surface area contributed by atoms with Crippen LogP contribution in [0.4, 0.5) is 13.2 Å². The number of rotatable bonds is 5. The van der Waals surface area contributed by atoms with Crippen LogP contribution in [0.5, 0.6) is 0 Å². The number of amides is 3. The van der Waals surface area contributed by atoms with Crippen molar-refractivity contribution in [2.75, 3.05) is 26.2 Å². The number of likely N-dealkylation sites (tertiary alicyclic amines) is 2. The molecule has 0 spiro atoms. The molecule has 1 aromatic heterocycles. The Morgan fingerprint density at radius 1 is 0.941 bits per heavy atom. The third kappa shape index (κ3) is 5.43. The lowest BCUT2D eigenvalue weighted by Crippen LogP contribution is -2.54. The van der Waals surface area contributed by atoms with E-state index in [1.165, 1.54) is 23.5 Å². The van der Waals surface area contributed by atoms with Gasteiger partial charge >= 0.3 is 6.18 Å². The molecule has 182 valence electrons. The number of carbonyl (C=O) groups is 3. The van der Waals surface area contributed by atoms with Crippen LogP contribution in [0.2, 0.25) is 0 Å². The van der Waals surface area contributed by atoms with Gasteiger partial charge in [0.15, 0.2) is 0 Å². The molecule has 3 amide bonds. The second-order valence-electron chi connectivity index (χ2n) is 8.67. The number of nitrogens with zero attached hydrogens (tertiary/aromatic N) is 2. The minimum absolute atomic E-state index is 0.0880. The van der Waals surface area contributed by atoms with Crippen LogP contribution >= 0.6 is 11.3 Å². The number of alkyl halides is 3. The van der Waals surface area contributed by atoms with Crippen molar-refractivity contribution in [3.8, 4) is 0 Å². The van der Waals surface area contributed by atoms with Crippen LogP contribution in [-0.4, -0.2) is 59.7 Å². The normalized spacial score (nSPS) is 18.1. The molecule has 0 aliphatic carbocycles. The van der Waals surface area contributed by atoms with Crippen LogP contribution in [0.1, 0.15) is 51.3 Å². The molecule has 6 nitrogen and oxygen atoms in total. The molecule has 1 N–H and O–H groups in total. The Kier molecular flexibility index (Phi) is 7.25. The molecule has 1 aromatic carbocycles. The number of hydrogen-bond donors (Lipinski definition) is 1. The third-order valence-electron chi connectivity index (χ3n) is 6.47. The van der Waals surface area contributed by atoms with Gasteiger partial charge in [-0.05, 0) is 67.3 Å². The number of hydrogen-bond acceptors (Lipinski definition) is 4. The van der Waals surface area contributed by atoms with Crippen LogP contribution in [0.3, 0.4) is 0 Å². The summed E-state index contributed by atoms with van der Waals surface area (Å²) in [4.78, 5) is 42.7. The number of benzene rings is 1. The summed E-state index contributed by atoms with van der Waals surface area (Å²) in [6.45, 7) is 2.08. The first-order chi connectivity index (χ1) is 16.2. The van der Waals surface area contributed by atoms with Gasteiger partial charge < -0.3 is 15.1 Å². The van der Waals surface area contributed by atoms with Gasteiger partial charge in [-0.25, -0.2) is 0 Å². The second-order valence-corrected chi connectivity index (χ2v) is 9.61. The van der Waals surface area contributed by atoms with E-state index in [9.17, 15) is 27.6 Å². The molecule has 0 saturated carbocycles. The van der Waals surface area contributed by atoms with Gasteiger partial charge in [0, 0.05) is 31.7 Å². The van der Waals surface area contributed by atoms with Crippen molar-refractivity contribution in [2.45, 2.75) is 37.9 Å². The molecule has 2 saturated heterocycles. The van der Waals surface area contributed by atoms with Crippen molar-refractivity contribution in [3.63, 3.8) is 0 Å². The van der Waals surface area contributed by atoms with E-state index in [1.54, 1.807) is 27.3 Å². The Morgan fingerprint density at radius 3 is 2.15 bits per heavy atom. The summed E-state index contributed by atoms with van der Waals surface area (Å²) in [6, 6.07) is 7.02. The van der Waals surface area contributed by atoms with Gasteiger partial charge in [0.25, 0.3) is 11.8 Å². The maximum atomic E-state index is 13.2. The summed E-state index contributed by atoms with van der Waals surface area (Å²) in [5.41, 5.74) is -0.602. The summed E-state index contributed by atoms with van der Waals surface area (Å²) in [6.07, 6.45) is -1.54. The molecule has 3 heterocycles. The number of thiophene rings is 1. The Bertz CT molecular complexity index is 1010. The average Bonchev–Trinajstić information content (AvgIpc) is 3.56. The van der Waals surface area contributed by atoms with Crippen molar-refractivity contribution >= 4 is 29.1 Å². The SMILES string of the molecule is O=C(NC(C(=O)N1CCCC1)C1CCN(C(=O)c2ccc(C(F)(F)F)cc2)CC1)c1cccs1. The van der Waals surface area contributed by atoms with Crippen molar-refractivity contribution in [2.24, 2.45) is 5.92 Å². The largest absolute Gasteiger partial charge is 0.416 e. The highest BCUT2D eigenvalue weighted by molar-refractivity contribution is 7.12. The molecule has 2 aromatic rings. The fourth-order valence-corrected chi connectivity index (χ4v) is 5.18. The van der Waals surface area contributed by atoms with Gasteiger partial charge in [0.1, 0.15) is 6.04 Å². The van der Waals surface area contributed by atoms with E-state index in [4.69, 9.17) is 0 Å². The van der Waals surface area contributed by atoms with Gasteiger partial charge in [-0.3, -0.25) is 14.4 Å². The zero-order chi connectivity index (χ0) is 24.3. The van der Waals surface area contributed by atoms with Gasteiger partial charge in [-0.2, -0.15) is 13.2 Å². The standard InChI is InChI=1S/C24H26F3N3O3S/c25-24(26,27)18-7-5-17(6-8-18)22(32)30-13-9-16(10-14-30)20(23(33)29-11-1-2-12-29)28-21(31)19-4-3-15-34-19/h3-8,15-16,20H,1-2,9-14H2,(H,28,31). The van der Waals surface area contributed by atoms with Crippen LogP contribution < -0.4 is 5.32 Å². The Hall–Kier alpha value is -2.88. The Labute approximate surface area is 199 Å². The van der Waals surface area contributed by atoms with Gasteiger partial charge in [-0.1, -0.05) is 6.07 Å². The van der Waals surface area contributed by atoms with Crippen molar-refractivity contribution in [1.29, 1.82) is 0 Å². The maximum absolute atomic E-state index is 13.2. The van der Waals surface area contributed by atoms with Gasteiger partial charge in [-0.15, -0.1) is 11.3 Å². The fraction of sp³-hybridized carbons (Fsp3) is 0.458. The molecule has 10 heteroatoms. The van der Waals surface area contributed by atoms with Crippen LogP contribution in [-0.2, 0) is 11.0 Å². The van der Waals surface area contributed by atoms with E-state index in [0.717, 1.165) is 25.0 Å². The number of carbonyl (C=O) groups excluding carboxylic acids is 3. The molecule has 2 aliphatic heterocycles. The monoisotopic (exact) mass is 493 g/mol. The number of halogens is 3. The molecule has 0 bridgehead atoms. The quantitative estimate of drug-likeness (QED) is 0.684. The molecule has 4 rings (SSSR count). The first kappa shape index (κ1) is 24.3. The highest BCUT2D eigenvalue weighted by Gasteiger charge is 2.37. The van der Waals surface area contributed by atoms with E-state index >= 15 is 0 Å². The minimum Gasteiger partial charge on any atom is -0.341 e. The van der Waals surface area contributed by atoms with Crippen LogP contribution in [0, 0.1) is 5.92 Å². The zero-order valence-electron chi connectivity index (χ0n) is 18.5. The molecule has 1 atom stereocenters. The summed E-state index contributed by atoms with van der Waals surface area (Å²) in [5.74, 6) is -0.836. The highest BCUT2D eigenvalue weighted by atomic mass is 32.1. The van der Waals surface area contributed by atoms with Crippen molar-refractivity contribution in [1.82, 2.24) is 15.1 Å². The lowest BCUT2D eigenvalue weighted by atomic mass is 9.88. The topological polar surface area (TPSA) is 69.7 Å². The summed E-state index contributed by atoms with van der Waals surface area (Å²) < 4.78 is 38.4. The lowest BCUT2D eigenvalue weighted by molar-refractivity contribution is -0.137. The van der Waals surface area contributed by atoms with E-state index in [1.807, 2.05) is 0 Å². The number of nitrogens with one attached hydrogen (secondary N) is 1. The van der Waals surface area contributed by atoms with Crippen LogP contribution in [0.15, 0.2) is 41.8 Å². The van der Waals surface area contributed by atoms with Gasteiger partial charge in [0.2, 0.25) is 5.91 Å². The Morgan fingerprint density at radius 2 is 1.59 bits per heavy atom. The van der Waals surface area contributed by atoms with Crippen molar-refractivity contribution < 1.29 is 27.6 Å². The first-order valence-electron chi connectivity index (χ1n) is 11.3. The molecule has 2 fully saturated rings. The van der Waals surface area contributed by atoms with Gasteiger partial charge in [0.05, 0.1) is 10.4 Å². The molecular formula is C24H26F3N3O3S. The maximum Gasteiger partial charge on any atom is 0.416 e. The summed E-state index contributed by atoms with van der Waals surface area (Å²) in [7, 11) is 0. The predicted octanol–water partition coefficient (Wildman–Crippen LogP) is 4.04. The third-order valence-corrected chi connectivity index (χ3v) is 7.34. The smallest absolute Gasteiger partial charge is 0.341 e.